The van der Waals surface area contributed by atoms with Gasteiger partial charge in [-0.15, -0.1) is 0 Å². The Bertz CT molecular complexity index is 1310. The molecule has 2 aliphatic rings. The van der Waals surface area contributed by atoms with Crippen LogP contribution < -0.4 is 10.1 Å². The summed E-state index contributed by atoms with van der Waals surface area (Å²) in [4.78, 5) is 4.41. The molecule has 0 radical (unpaired) electrons. The molecule has 4 aromatic rings. The number of rotatable bonds is 2. The number of nitrogens with zero attached hydrogens (tertiary/aromatic N) is 3. The second kappa shape index (κ2) is 7.06. The highest BCUT2D eigenvalue weighted by atomic mass is 79.9. The highest BCUT2D eigenvalue weighted by molar-refractivity contribution is 9.10. The molecule has 0 saturated carbocycles. The van der Waals surface area contributed by atoms with Gasteiger partial charge in [-0.25, -0.2) is 9.07 Å². The number of aromatic nitrogens is 3. The number of fused-ring (bicyclic) bond motifs is 3. The topological polar surface area (TPSA) is 52.0 Å². The van der Waals surface area contributed by atoms with Gasteiger partial charge < -0.3 is 10.1 Å². The van der Waals surface area contributed by atoms with Gasteiger partial charge in [-0.1, -0.05) is 52.3 Å². The Morgan fingerprint density at radius 3 is 2.48 bits per heavy atom. The molecule has 3 aromatic carbocycles. The van der Waals surface area contributed by atoms with Gasteiger partial charge in [0.1, 0.15) is 30.0 Å². The van der Waals surface area contributed by atoms with Gasteiger partial charge in [0.25, 0.3) is 0 Å². The minimum atomic E-state index is -0.349. The summed E-state index contributed by atoms with van der Waals surface area (Å²) in [6.45, 7) is 0. The average molecular weight is 475 g/mol. The summed E-state index contributed by atoms with van der Waals surface area (Å²) < 4.78 is 23.1. The maximum atomic E-state index is 13.7. The van der Waals surface area contributed by atoms with Crippen molar-refractivity contribution in [3.05, 3.63) is 112 Å². The van der Waals surface area contributed by atoms with Crippen LogP contribution in [0.25, 0.3) is 5.70 Å². The van der Waals surface area contributed by atoms with E-state index in [1.165, 1.54) is 18.5 Å². The van der Waals surface area contributed by atoms with E-state index in [0.29, 0.717) is 5.95 Å². The van der Waals surface area contributed by atoms with Gasteiger partial charge >= 0.3 is 0 Å². The molecule has 152 valence electrons. The summed E-state index contributed by atoms with van der Waals surface area (Å²) in [5, 5.41) is 7.94. The van der Waals surface area contributed by atoms with E-state index in [1.54, 1.807) is 12.1 Å². The normalized spacial score (nSPS) is 19.0. The fourth-order valence-corrected chi connectivity index (χ4v) is 4.56. The Labute approximate surface area is 186 Å². The smallest absolute Gasteiger partial charge is 0.226 e. The molecule has 31 heavy (non-hydrogen) atoms. The van der Waals surface area contributed by atoms with Crippen LogP contribution in [0.5, 0.6) is 5.75 Å². The van der Waals surface area contributed by atoms with Gasteiger partial charge in [0.2, 0.25) is 5.95 Å². The van der Waals surface area contributed by atoms with Crippen LogP contribution >= 0.6 is 15.9 Å². The van der Waals surface area contributed by atoms with Crippen LogP contribution in [0.15, 0.2) is 89.2 Å². The number of hydrogen-bond acceptors (Lipinski definition) is 4. The minimum Gasteiger partial charge on any atom is -0.480 e. The Morgan fingerprint density at radius 1 is 0.935 bits per heavy atom. The lowest BCUT2D eigenvalue weighted by atomic mass is 9.84. The van der Waals surface area contributed by atoms with E-state index >= 15 is 0 Å². The van der Waals surface area contributed by atoms with Crippen LogP contribution in [0, 0.1) is 5.82 Å². The average Bonchev–Trinajstić information content (AvgIpc) is 3.27. The summed E-state index contributed by atoms with van der Waals surface area (Å²) in [5.41, 5.74) is 4.84. The zero-order chi connectivity index (χ0) is 20.9. The fraction of sp³-hybridized carbons (Fsp3) is 0.0833. The molecular formula is C24H16BrFN4O. The van der Waals surface area contributed by atoms with Crippen molar-refractivity contribution in [3.63, 3.8) is 0 Å². The number of para-hydroxylation sites is 1. The first-order valence-corrected chi connectivity index (χ1v) is 10.7. The van der Waals surface area contributed by atoms with E-state index in [0.717, 1.165) is 38.2 Å². The van der Waals surface area contributed by atoms with Crippen molar-refractivity contribution in [2.45, 2.75) is 12.1 Å². The second-order valence-corrected chi connectivity index (χ2v) is 8.40. The Morgan fingerprint density at radius 2 is 1.68 bits per heavy atom. The van der Waals surface area contributed by atoms with Crippen LogP contribution in [0.4, 0.5) is 10.3 Å². The van der Waals surface area contributed by atoms with Gasteiger partial charge in [-0.05, 0) is 47.5 Å². The van der Waals surface area contributed by atoms with Gasteiger partial charge in [0, 0.05) is 15.6 Å². The van der Waals surface area contributed by atoms with Crippen LogP contribution in [-0.2, 0) is 0 Å². The highest BCUT2D eigenvalue weighted by Gasteiger charge is 2.40. The molecule has 0 spiro atoms. The molecule has 5 nitrogen and oxygen atoms in total. The molecule has 6 rings (SSSR count). The summed E-state index contributed by atoms with van der Waals surface area (Å²) in [6.07, 6.45) is 1.18. The molecule has 0 fully saturated rings. The van der Waals surface area contributed by atoms with Crippen LogP contribution in [0.2, 0.25) is 0 Å². The molecule has 0 amide bonds. The molecular weight excluding hydrogens is 459 g/mol. The fourth-order valence-electron chi connectivity index (χ4n) is 4.30. The van der Waals surface area contributed by atoms with Gasteiger partial charge in [-0.3, -0.25) is 0 Å². The SMILES string of the molecule is Fc1ccc([C@@H]2C3=C(Nc4ncnn42)c2ccccc2O[C@H]3c2ccc(Br)cc2)cc1. The summed E-state index contributed by atoms with van der Waals surface area (Å²) in [5.74, 6) is 1.16. The third kappa shape index (κ3) is 2.96. The predicted octanol–water partition coefficient (Wildman–Crippen LogP) is 5.74. The molecule has 7 heteroatoms. The number of benzene rings is 3. The number of ether oxygens (including phenoxy) is 1. The zero-order valence-corrected chi connectivity index (χ0v) is 17.8. The maximum Gasteiger partial charge on any atom is 0.226 e. The maximum absolute atomic E-state index is 13.7. The molecule has 0 bridgehead atoms. The second-order valence-electron chi connectivity index (χ2n) is 7.48. The summed E-state index contributed by atoms with van der Waals surface area (Å²) >= 11 is 3.51. The van der Waals surface area contributed by atoms with Crippen LogP contribution in [-0.4, -0.2) is 14.8 Å². The van der Waals surface area contributed by atoms with Crippen molar-refractivity contribution < 1.29 is 9.13 Å². The Kier molecular flexibility index (Phi) is 4.17. The lowest BCUT2D eigenvalue weighted by Crippen LogP contribution is -2.32. The van der Waals surface area contributed by atoms with Gasteiger partial charge in [-0.2, -0.15) is 10.1 Å². The molecule has 1 N–H and O–H groups in total. The number of hydrogen-bond donors (Lipinski definition) is 1. The van der Waals surface area contributed by atoms with Crippen molar-refractivity contribution in [1.29, 1.82) is 0 Å². The standard InChI is InChI=1S/C24H16BrFN4O/c25-16-9-5-15(6-10-16)23-20-21(18-3-1-2-4-19(18)31-23)29-24-27-13-28-30(24)22(20)14-7-11-17(26)12-8-14/h1-13,22-23H,(H,27,28,29)/t22-,23+/m1/s1. The van der Waals surface area contributed by atoms with Gasteiger partial charge in [0.15, 0.2) is 0 Å². The van der Waals surface area contributed by atoms with Crippen LogP contribution in [0.3, 0.4) is 0 Å². The predicted molar refractivity (Wildman–Crippen MR) is 119 cm³/mol. The van der Waals surface area contributed by atoms with E-state index in [9.17, 15) is 4.39 Å². The summed E-state index contributed by atoms with van der Waals surface area (Å²) in [7, 11) is 0. The first-order chi connectivity index (χ1) is 15.2. The summed E-state index contributed by atoms with van der Waals surface area (Å²) in [6, 6.07) is 22.3. The van der Waals surface area contributed by atoms with Gasteiger partial charge in [0.05, 0.1) is 5.70 Å². The lowest BCUT2D eigenvalue weighted by Gasteiger charge is -2.39. The molecule has 2 aliphatic heterocycles. The van der Waals surface area contributed by atoms with Crippen molar-refractivity contribution >= 4 is 27.6 Å². The van der Waals surface area contributed by atoms with E-state index in [2.05, 4.69) is 31.3 Å². The Balaban J connectivity index is 1.62. The van der Waals surface area contributed by atoms with Crippen molar-refractivity contribution in [3.8, 4) is 5.75 Å². The Hall–Kier alpha value is -3.45. The van der Waals surface area contributed by atoms with E-state index in [4.69, 9.17) is 4.74 Å². The number of anilines is 1. The third-order valence-corrected chi connectivity index (χ3v) is 6.21. The highest BCUT2D eigenvalue weighted by Crippen LogP contribution is 2.50. The van der Waals surface area contributed by atoms with Crippen molar-refractivity contribution in [2.24, 2.45) is 0 Å². The number of nitrogens with one attached hydrogen (secondary N) is 1. The number of halogens is 2. The largest absolute Gasteiger partial charge is 0.480 e. The molecule has 0 saturated heterocycles. The molecule has 0 aliphatic carbocycles. The molecule has 1 aromatic heterocycles. The molecule has 3 heterocycles. The molecule has 2 atom stereocenters. The molecule has 0 unspecified atom stereocenters. The van der Waals surface area contributed by atoms with E-state index in [-0.39, 0.29) is 18.0 Å². The first kappa shape index (κ1) is 18.3. The monoisotopic (exact) mass is 474 g/mol. The van der Waals surface area contributed by atoms with Crippen LogP contribution in [0.1, 0.15) is 28.8 Å². The van der Waals surface area contributed by atoms with E-state index in [1.807, 2.05) is 53.2 Å². The zero-order valence-electron chi connectivity index (χ0n) is 16.2. The van der Waals surface area contributed by atoms with Crippen molar-refractivity contribution in [2.75, 3.05) is 5.32 Å². The van der Waals surface area contributed by atoms with E-state index < -0.39 is 0 Å². The quantitative estimate of drug-likeness (QED) is 0.402. The van der Waals surface area contributed by atoms with Crippen molar-refractivity contribution in [1.82, 2.24) is 14.8 Å². The minimum absolute atomic E-state index is 0.277. The lowest BCUT2D eigenvalue weighted by molar-refractivity contribution is 0.223. The first-order valence-electron chi connectivity index (χ1n) is 9.86. The third-order valence-electron chi connectivity index (χ3n) is 5.68.